The molecule has 0 spiro atoms. The molecule has 364 valence electrons. The van der Waals surface area contributed by atoms with Crippen LogP contribution >= 0.6 is 0 Å². The zero-order valence-corrected chi connectivity index (χ0v) is 39.4. The number of aliphatic hydroxyl groups excluding tert-OH is 1. The lowest BCUT2D eigenvalue weighted by Crippen LogP contribution is -2.78. The summed E-state index contributed by atoms with van der Waals surface area (Å²) in [4.78, 5) is 72.0. The van der Waals surface area contributed by atoms with E-state index in [1.54, 1.807) is 119 Å². The van der Waals surface area contributed by atoms with Crippen LogP contribution in [0, 0.1) is 28.1 Å². The molecule has 0 unspecified atom stereocenters. The van der Waals surface area contributed by atoms with Gasteiger partial charge in [-0.2, -0.15) is 0 Å². The van der Waals surface area contributed by atoms with Crippen molar-refractivity contribution in [2.75, 3.05) is 33.4 Å². The van der Waals surface area contributed by atoms with Crippen molar-refractivity contribution < 1.29 is 72.1 Å². The van der Waals surface area contributed by atoms with E-state index in [0.29, 0.717) is 11.1 Å². The maximum Gasteiger partial charge on any atom is 0.338 e. The fourth-order valence-electron chi connectivity index (χ4n) is 11.1. The summed E-state index contributed by atoms with van der Waals surface area (Å²) in [5, 5.41) is 28.7. The van der Waals surface area contributed by atoms with Crippen molar-refractivity contribution in [2.45, 2.75) is 109 Å². The third-order valence-corrected chi connectivity index (χ3v) is 14.7. The smallest absolute Gasteiger partial charge is 0.338 e. The second-order valence-corrected chi connectivity index (χ2v) is 20.1. The van der Waals surface area contributed by atoms with Gasteiger partial charge in [0.05, 0.1) is 55.0 Å². The molecule has 2 aliphatic heterocycles. The number of nitrogens with one attached hydrogen (secondary N) is 1. The summed E-state index contributed by atoms with van der Waals surface area (Å²) in [5.74, 6) is -5.81. The lowest BCUT2D eigenvalue weighted by atomic mass is 9.46. The van der Waals surface area contributed by atoms with E-state index in [-0.39, 0.29) is 43.3 Å². The number of carbonyl (C=O) groups is 5. The molecule has 4 bridgehead atoms. The minimum absolute atomic E-state index is 0.0812. The normalized spacial score (nSPS) is 32.9. The maximum atomic E-state index is 16.2. The SMILES string of the molecule is CC(=O)O[C@H]1[C@@H]2CO[C@@H]2[C@@H]2OCOCC(C)(C)COCO[C@H]3C(=O)[C@@]2(C)[C@@H]1[C@H](OC(=O)c1ccccc1)[C@]1(O)C[C@H](OC(=O)[C@H](O)[C@@H](NC(=O)c2ccccc2)c2ccccc2)C(C)=C3C1(C)C. The molecule has 0 radical (unpaired) electrons. The fourth-order valence-corrected chi connectivity index (χ4v) is 11.1. The third kappa shape index (κ3) is 8.91. The molecule has 16 heteroatoms. The van der Waals surface area contributed by atoms with E-state index in [0.717, 1.165) is 0 Å². The predicted molar refractivity (Wildman–Crippen MR) is 241 cm³/mol. The van der Waals surface area contributed by atoms with Gasteiger partial charge in [0, 0.05) is 35.7 Å². The van der Waals surface area contributed by atoms with E-state index in [4.69, 9.17) is 37.9 Å². The molecule has 16 nitrogen and oxygen atoms in total. The molecule has 3 N–H and O–H groups in total. The number of ether oxygens (including phenoxy) is 8. The minimum Gasteiger partial charge on any atom is -0.462 e. The highest BCUT2D eigenvalue weighted by Gasteiger charge is 2.75. The van der Waals surface area contributed by atoms with Crippen LogP contribution in [0.2, 0.25) is 0 Å². The molecule has 12 atom stereocenters. The van der Waals surface area contributed by atoms with Crippen LogP contribution in [-0.2, 0) is 52.3 Å². The van der Waals surface area contributed by atoms with Gasteiger partial charge in [-0.1, -0.05) is 94.4 Å². The Bertz CT molecular complexity index is 2390. The Morgan fingerprint density at radius 1 is 0.779 bits per heavy atom. The number of amides is 1. The van der Waals surface area contributed by atoms with E-state index < -0.39 is 125 Å². The van der Waals surface area contributed by atoms with Crippen molar-refractivity contribution in [3.63, 3.8) is 0 Å². The van der Waals surface area contributed by atoms with Crippen molar-refractivity contribution in [3.8, 4) is 0 Å². The largest absolute Gasteiger partial charge is 0.462 e. The van der Waals surface area contributed by atoms with Crippen LogP contribution in [0.1, 0.15) is 87.2 Å². The van der Waals surface area contributed by atoms with Gasteiger partial charge >= 0.3 is 17.9 Å². The van der Waals surface area contributed by atoms with Crippen molar-refractivity contribution in [3.05, 3.63) is 119 Å². The van der Waals surface area contributed by atoms with Gasteiger partial charge in [0.2, 0.25) is 0 Å². The number of rotatable bonds is 9. The van der Waals surface area contributed by atoms with E-state index in [9.17, 15) is 29.4 Å². The highest BCUT2D eigenvalue weighted by Crippen LogP contribution is 2.63. The molecule has 3 aromatic carbocycles. The van der Waals surface area contributed by atoms with Crippen LogP contribution in [0.4, 0.5) is 0 Å². The molecule has 2 heterocycles. The molecule has 3 aromatic rings. The van der Waals surface area contributed by atoms with Crippen LogP contribution in [0.15, 0.2) is 102 Å². The first-order chi connectivity index (χ1) is 32.3. The van der Waals surface area contributed by atoms with Crippen molar-refractivity contribution >= 4 is 29.6 Å². The number of carbonyl (C=O) groups excluding carboxylic acids is 5. The molecule has 3 aliphatic carbocycles. The Morgan fingerprint density at radius 3 is 1.96 bits per heavy atom. The number of esters is 3. The summed E-state index contributed by atoms with van der Waals surface area (Å²) < 4.78 is 50.5. The zero-order chi connectivity index (χ0) is 48.8. The molecule has 2 saturated heterocycles. The second-order valence-electron chi connectivity index (χ2n) is 20.1. The molecule has 0 aromatic heterocycles. The Balaban J connectivity index is 1.29. The van der Waals surface area contributed by atoms with Crippen LogP contribution in [0.3, 0.4) is 0 Å². The molecule has 1 amide bonds. The number of benzene rings is 3. The summed E-state index contributed by atoms with van der Waals surface area (Å²) in [7, 11) is 0. The number of Topliss-reactive ketones (excluding diaryl/α,β-unsaturated/α-hetero) is 1. The summed E-state index contributed by atoms with van der Waals surface area (Å²) in [5.41, 5.74) is -4.83. The Hall–Kier alpha value is -5.33. The van der Waals surface area contributed by atoms with Crippen molar-refractivity contribution in [2.24, 2.45) is 28.1 Å². The maximum absolute atomic E-state index is 16.2. The molecule has 68 heavy (non-hydrogen) atoms. The quantitative estimate of drug-likeness (QED) is 0.146. The van der Waals surface area contributed by atoms with Crippen molar-refractivity contribution in [1.29, 1.82) is 0 Å². The average Bonchev–Trinajstić information content (AvgIpc) is 3.30. The number of ketones is 1. The van der Waals surface area contributed by atoms with E-state index in [2.05, 4.69) is 5.32 Å². The van der Waals surface area contributed by atoms with Gasteiger partial charge in [0.1, 0.15) is 43.6 Å². The first kappa shape index (κ1) is 49.1. The summed E-state index contributed by atoms with van der Waals surface area (Å²) >= 11 is 0. The van der Waals surface area contributed by atoms with Gasteiger partial charge in [-0.25, -0.2) is 9.59 Å². The topological polar surface area (TPSA) is 212 Å². The second kappa shape index (κ2) is 19.2. The minimum atomic E-state index is -2.27. The fraction of sp³-hybridized carbons (Fsp3) is 0.519. The Morgan fingerprint density at radius 2 is 1.37 bits per heavy atom. The zero-order valence-electron chi connectivity index (χ0n) is 39.4. The van der Waals surface area contributed by atoms with Crippen LogP contribution in [-0.4, -0.2) is 122 Å². The van der Waals surface area contributed by atoms with E-state index >= 15 is 4.79 Å². The summed E-state index contributed by atoms with van der Waals surface area (Å²) in [6.45, 7) is 11.5. The first-order valence-corrected chi connectivity index (χ1v) is 23.0. The highest BCUT2D eigenvalue weighted by atomic mass is 16.7. The molecular formula is C52H61NO15. The number of fused-ring (bicyclic) bond motifs is 6. The van der Waals surface area contributed by atoms with Gasteiger partial charge < -0.3 is 53.4 Å². The van der Waals surface area contributed by atoms with Gasteiger partial charge in [-0.3, -0.25) is 14.4 Å². The standard InChI is InChI=1S/C52H61NO15/c1-29-35(67-48(59)39(55)38(31-17-11-8-12-18-31)53-46(57)32-19-13-9-14-20-32)23-52(60)44(68-47(58)33-21-15-10-16-22-33)37-40(66-30(2)54)34-24-63-41(34)45-51(37,7)43(56)42(36(29)50(52,5)6)64-27-61-25-49(3,4)26-62-28-65-45/h8-22,34-35,37-42,44-45,55,60H,23-28H2,1-7H3,(H,53,57)/t34-,35-,37-,38-,39+,40-,41-,42+,44-,45-,51+,52+/m0/s1. The van der Waals surface area contributed by atoms with Gasteiger partial charge in [-0.15, -0.1) is 0 Å². The van der Waals surface area contributed by atoms with Gasteiger partial charge in [0.25, 0.3) is 5.91 Å². The Kier molecular flexibility index (Phi) is 13.9. The number of aliphatic hydroxyl groups is 2. The summed E-state index contributed by atoms with van der Waals surface area (Å²) in [6, 6.07) is 23.6. The highest BCUT2D eigenvalue weighted by molar-refractivity contribution is 5.95. The third-order valence-electron chi connectivity index (χ3n) is 14.7. The molecule has 5 aliphatic rings. The van der Waals surface area contributed by atoms with Crippen molar-refractivity contribution in [1.82, 2.24) is 5.32 Å². The summed E-state index contributed by atoms with van der Waals surface area (Å²) in [6.07, 6.45) is -10.2. The first-order valence-electron chi connectivity index (χ1n) is 23.0. The lowest BCUT2D eigenvalue weighted by molar-refractivity contribution is -0.321. The van der Waals surface area contributed by atoms with Crippen LogP contribution in [0.5, 0.6) is 0 Å². The van der Waals surface area contributed by atoms with Crippen LogP contribution in [0.25, 0.3) is 0 Å². The number of hydrogen-bond acceptors (Lipinski definition) is 15. The van der Waals surface area contributed by atoms with Gasteiger partial charge in [-0.05, 0) is 54.8 Å². The average molecular weight is 940 g/mol. The molecule has 2 saturated carbocycles. The number of hydrogen-bond donors (Lipinski definition) is 3. The molecular weight excluding hydrogens is 879 g/mol. The lowest BCUT2D eigenvalue weighted by Gasteiger charge is -2.65. The van der Waals surface area contributed by atoms with E-state index in [1.807, 2.05) is 13.8 Å². The molecule has 4 fully saturated rings. The van der Waals surface area contributed by atoms with Gasteiger partial charge in [0.15, 0.2) is 11.9 Å². The monoisotopic (exact) mass is 939 g/mol. The molecule has 8 rings (SSSR count). The predicted octanol–water partition coefficient (Wildman–Crippen LogP) is 5.06. The Labute approximate surface area is 395 Å². The van der Waals surface area contributed by atoms with Crippen LogP contribution < -0.4 is 5.32 Å². The van der Waals surface area contributed by atoms with E-state index in [1.165, 1.54) is 6.92 Å².